The number of ether oxygens (including phenoxy) is 2. The first-order valence-electron chi connectivity index (χ1n) is 4.60. The van der Waals surface area contributed by atoms with Crippen LogP contribution >= 0.6 is 0 Å². The summed E-state index contributed by atoms with van der Waals surface area (Å²) in [6.07, 6.45) is 2.94. The van der Waals surface area contributed by atoms with E-state index in [4.69, 9.17) is 4.74 Å². The van der Waals surface area contributed by atoms with Gasteiger partial charge in [-0.1, -0.05) is 0 Å². The van der Waals surface area contributed by atoms with Crippen LogP contribution in [0, 0.1) is 0 Å². The van der Waals surface area contributed by atoms with Gasteiger partial charge in [0.1, 0.15) is 11.9 Å². The zero-order chi connectivity index (χ0) is 11.3. The molecule has 0 amide bonds. The van der Waals surface area contributed by atoms with Gasteiger partial charge in [-0.2, -0.15) is 0 Å². The Kier molecular flexibility index (Phi) is 4.03. The van der Waals surface area contributed by atoms with Crippen molar-refractivity contribution < 1.29 is 23.9 Å². The number of carbonyl (C=O) groups is 3. The minimum Gasteiger partial charge on any atom is -0.466 e. The minimum atomic E-state index is -0.625. The standard InChI is InChI=1S/C10H12O5/c1-14-9(12)4-5-10(13)15-8-3-2-7(11)6-8/h4-5,8H,2-3,6H2,1H3/b5-4+/t8-/m1/s1. The van der Waals surface area contributed by atoms with Crippen molar-refractivity contribution in [2.45, 2.75) is 25.4 Å². The molecule has 0 N–H and O–H groups in total. The SMILES string of the molecule is COC(=O)/C=C/C(=O)O[C@@H]1CCC(=O)C1. The van der Waals surface area contributed by atoms with Crippen LogP contribution in [-0.2, 0) is 23.9 Å². The summed E-state index contributed by atoms with van der Waals surface area (Å²) in [5, 5.41) is 0. The number of rotatable bonds is 3. The van der Waals surface area contributed by atoms with E-state index in [1.165, 1.54) is 7.11 Å². The van der Waals surface area contributed by atoms with Crippen LogP contribution in [0.3, 0.4) is 0 Å². The fraction of sp³-hybridized carbons (Fsp3) is 0.500. The number of methoxy groups -OCH3 is 1. The number of hydrogen-bond acceptors (Lipinski definition) is 5. The van der Waals surface area contributed by atoms with Crippen molar-refractivity contribution in [1.29, 1.82) is 0 Å². The van der Waals surface area contributed by atoms with Gasteiger partial charge in [0.05, 0.1) is 7.11 Å². The maximum Gasteiger partial charge on any atom is 0.331 e. The number of ketones is 1. The maximum atomic E-state index is 11.1. The Labute approximate surface area is 87.0 Å². The average molecular weight is 212 g/mol. The predicted molar refractivity (Wildman–Crippen MR) is 49.9 cm³/mol. The van der Waals surface area contributed by atoms with Crippen molar-refractivity contribution in [2.24, 2.45) is 0 Å². The highest BCUT2D eigenvalue weighted by Gasteiger charge is 2.24. The minimum absolute atomic E-state index is 0.102. The molecule has 0 radical (unpaired) electrons. The molecule has 1 aliphatic rings. The molecule has 1 rings (SSSR count). The van der Waals surface area contributed by atoms with E-state index in [0.29, 0.717) is 12.8 Å². The Morgan fingerprint density at radius 2 is 2.00 bits per heavy atom. The molecule has 0 aromatic heterocycles. The first-order chi connectivity index (χ1) is 7.11. The second-order valence-electron chi connectivity index (χ2n) is 3.20. The Morgan fingerprint density at radius 1 is 1.33 bits per heavy atom. The second kappa shape index (κ2) is 5.29. The third-order valence-electron chi connectivity index (χ3n) is 2.04. The van der Waals surface area contributed by atoms with E-state index in [0.717, 1.165) is 12.2 Å². The van der Waals surface area contributed by atoms with Crippen molar-refractivity contribution in [3.63, 3.8) is 0 Å². The van der Waals surface area contributed by atoms with Crippen LogP contribution in [0.4, 0.5) is 0 Å². The van der Waals surface area contributed by atoms with Gasteiger partial charge in [-0.05, 0) is 6.42 Å². The fourth-order valence-electron chi connectivity index (χ4n) is 1.29. The van der Waals surface area contributed by atoms with Gasteiger partial charge in [0.25, 0.3) is 0 Å². The molecule has 0 aromatic carbocycles. The smallest absolute Gasteiger partial charge is 0.331 e. The average Bonchev–Trinajstić information content (AvgIpc) is 2.60. The third-order valence-corrected chi connectivity index (χ3v) is 2.04. The molecular formula is C10H12O5. The van der Waals surface area contributed by atoms with E-state index in [1.807, 2.05) is 0 Å². The molecule has 0 aromatic rings. The lowest BCUT2D eigenvalue weighted by Gasteiger charge is -2.07. The lowest BCUT2D eigenvalue weighted by atomic mass is 10.3. The molecule has 15 heavy (non-hydrogen) atoms. The molecule has 1 fully saturated rings. The van der Waals surface area contributed by atoms with Gasteiger partial charge >= 0.3 is 11.9 Å². The Morgan fingerprint density at radius 3 is 2.53 bits per heavy atom. The molecule has 1 saturated carbocycles. The molecule has 0 bridgehead atoms. The van der Waals surface area contributed by atoms with E-state index < -0.39 is 11.9 Å². The number of carbonyl (C=O) groups excluding carboxylic acids is 3. The van der Waals surface area contributed by atoms with Gasteiger partial charge in [-0.15, -0.1) is 0 Å². The predicted octanol–water partition coefficient (Wildman–Crippen LogP) is 0.380. The van der Waals surface area contributed by atoms with Crippen LogP contribution in [0.15, 0.2) is 12.2 Å². The van der Waals surface area contributed by atoms with Crippen LogP contribution in [0.1, 0.15) is 19.3 Å². The van der Waals surface area contributed by atoms with E-state index in [2.05, 4.69) is 4.74 Å². The van der Waals surface area contributed by atoms with E-state index >= 15 is 0 Å². The van der Waals surface area contributed by atoms with Gasteiger partial charge in [-0.25, -0.2) is 9.59 Å². The van der Waals surface area contributed by atoms with E-state index in [9.17, 15) is 14.4 Å². The van der Waals surface area contributed by atoms with Gasteiger partial charge in [0.2, 0.25) is 0 Å². The molecule has 5 heteroatoms. The first-order valence-corrected chi connectivity index (χ1v) is 4.60. The van der Waals surface area contributed by atoms with Crippen LogP contribution in [0.5, 0.6) is 0 Å². The van der Waals surface area contributed by atoms with Crippen LogP contribution in [0.25, 0.3) is 0 Å². The molecule has 0 spiro atoms. The zero-order valence-electron chi connectivity index (χ0n) is 8.39. The maximum absolute atomic E-state index is 11.1. The monoisotopic (exact) mass is 212 g/mol. The van der Waals surface area contributed by atoms with Gasteiger partial charge in [-0.3, -0.25) is 4.79 Å². The first kappa shape index (κ1) is 11.4. The molecule has 82 valence electrons. The van der Waals surface area contributed by atoms with Crippen LogP contribution in [0.2, 0.25) is 0 Å². The highest BCUT2D eigenvalue weighted by molar-refractivity contribution is 5.92. The fourth-order valence-corrected chi connectivity index (χ4v) is 1.29. The molecule has 0 saturated heterocycles. The summed E-state index contributed by atoms with van der Waals surface area (Å²) in [4.78, 5) is 32.6. The zero-order valence-corrected chi connectivity index (χ0v) is 8.39. The van der Waals surface area contributed by atoms with Crippen molar-refractivity contribution >= 4 is 17.7 Å². The molecule has 0 unspecified atom stereocenters. The highest BCUT2D eigenvalue weighted by Crippen LogP contribution is 2.18. The topological polar surface area (TPSA) is 69.7 Å². The lowest BCUT2D eigenvalue weighted by Crippen LogP contribution is -2.13. The summed E-state index contributed by atoms with van der Waals surface area (Å²) in [6.45, 7) is 0. The summed E-state index contributed by atoms with van der Waals surface area (Å²) >= 11 is 0. The van der Waals surface area contributed by atoms with Crippen LogP contribution < -0.4 is 0 Å². The van der Waals surface area contributed by atoms with Crippen molar-refractivity contribution in [3.05, 3.63) is 12.2 Å². The largest absolute Gasteiger partial charge is 0.466 e. The molecule has 0 aliphatic heterocycles. The molecule has 5 nitrogen and oxygen atoms in total. The van der Waals surface area contributed by atoms with E-state index in [-0.39, 0.29) is 18.3 Å². The molecular weight excluding hydrogens is 200 g/mol. The third kappa shape index (κ3) is 3.93. The molecule has 1 aliphatic carbocycles. The van der Waals surface area contributed by atoms with Crippen LogP contribution in [-0.4, -0.2) is 30.9 Å². The summed E-state index contributed by atoms with van der Waals surface area (Å²) in [7, 11) is 1.22. The van der Waals surface area contributed by atoms with Gasteiger partial charge in [0.15, 0.2) is 0 Å². The van der Waals surface area contributed by atoms with Crippen molar-refractivity contribution in [2.75, 3.05) is 7.11 Å². The second-order valence-corrected chi connectivity index (χ2v) is 3.20. The summed E-state index contributed by atoms with van der Waals surface area (Å²) in [5.74, 6) is -1.14. The van der Waals surface area contributed by atoms with Crippen molar-refractivity contribution in [3.8, 4) is 0 Å². The van der Waals surface area contributed by atoms with Crippen molar-refractivity contribution in [1.82, 2.24) is 0 Å². The molecule has 0 heterocycles. The number of hydrogen-bond donors (Lipinski definition) is 0. The Bertz CT molecular complexity index is 305. The Balaban J connectivity index is 2.33. The summed E-state index contributed by atoms with van der Waals surface area (Å²) in [5.41, 5.74) is 0. The lowest BCUT2D eigenvalue weighted by molar-refractivity contribution is -0.143. The summed E-state index contributed by atoms with van der Waals surface area (Å²) in [6, 6.07) is 0. The summed E-state index contributed by atoms with van der Waals surface area (Å²) < 4.78 is 9.22. The highest BCUT2D eigenvalue weighted by atomic mass is 16.5. The quantitative estimate of drug-likeness (QED) is 0.499. The van der Waals surface area contributed by atoms with Gasteiger partial charge < -0.3 is 9.47 Å². The Hall–Kier alpha value is -1.65. The number of Topliss-reactive ketones (excluding diaryl/α,β-unsaturated/α-hetero) is 1. The number of esters is 2. The van der Waals surface area contributed by atoms with Gasteiger partial charge in [0, 0.05) is 25.0 Å². The normalized spacial score (nSPS) is 20.6. The molecule has 1 atom stereocenters. The van der Waals surface area contributed by atoms with E-state index in [1.54, 1.807) is 0 Å².